The van der Waals surface area contributed by atoms with Crippen LogP contribution >= 0.6 is 0 Å². The quantitative estimate of drug-likeness (QED) is 0.735. The van der Waals surface area contributed by atoms with Crippen LogP contribution in [0.1, 0.15) is 27.7 Å². The molecule has 3 rings (SSSR count). The van der Waals surface area contributed by atoms with Gasteiger partial charge in [0.25, 0.3) is 0 Å². The molecular formula is C12H20O6. The Morgan fingerprint density at radius 1 is 0.944 bits per heavy atom. The minimum absolute atomic E-state index is 0.295. The maximum absolute atomic E-state index is 10.3. The molecule has 104 valence electrons. The van der Waals surface area contributed by atoms with Crippen molar-refractivity contribution in [2.24, 2.45) is 0 Å². The smallest absolute Gasteiger partial charge is 0.190 e. The van der Waals surface area contributed by atoms with Crippen LogP contribution in [0, 0.1) is 0 Å². The second kappa shape index (κ2) is 3.88. The molecule has 6 nitrogen and oxygen atoms in total. The number of aliphatic hydroxyl groups excluding tert-OH is 1. The lowest BCUT2D eigenvalue weighted by atomic mass is 10.1. The number of ether oxygens (including phenoxy) is 5. The summed E-state index contributed by atoms with van der Waals surface area (Å²) in [6.07, 6.45) is -2.53. The number of fused-ring (bicyclic) bond motifs is 1. The van der Waals surface area contributed by atoms with E-state index in [9.17, 15) is 5.11 Å². The Morgan fingerprint density at radius 3 is 2.22 bits per heavy atom. The van der Waals surface area contributed by atoms with Crippen LogP contribution in [0.4, 0.5) is 0 Å². The van der Waals surface area contributed by atoms with E-state index in [0.29, 0.717) is 6.61 Å². The SMILES string of the molecule is CC1(C)O[C@H]2O[C@@H]([C@@H]3COC(C)(C)O3)[C@@H](O)[C@@H]2O1. The van der Waals surface area contributed by atoms with Crippen molar-refractivity contribution in [3.8, 4) is 0 Å². The van der Waals surface area contributed by atoms with E-state index in [1.54, 1.807) is 13.8 Å². The second-order valence-corrected chi connectivity index (χ2v) is 5.93. The summed E-state index contributed by atoms with van der Waals surface area (Å²) in [7, 11) is 0. The van der Waals surface area contributed by atoms with Gasteiger partial charge in [-0.05, 0) is 27.7 Å². The molecule has 0 amide bonds. The first kappa shape index (κ1) is 12.8. The molecule has 0 aliphatic carbocycles. The molecule has 1 N–H and O–H groups in total. The Labute approximate surface area is 106 Å². The van der Waals surface area contributed by atoms with Crippen LogP contribution in [-0.4, -0.2) is 54.0 Å². The lowest BCUT2D eigenvalue weighted by Gasteiger charge is -2.26. The summed E-state index contributed by atoms with van der Waals surface area (Å²) in [4.78, 5) is 0. The minimum Gasteiger partial charge on any atom is -0.387 e. The summed E-state index contributed by atoms with van der Waals surface area (Å²) >= 11 is 0. The highest BCUT2D eigenvalue weighted by Gasteiger charge is 2.57. The fourth-order valence-corrected chi connectivity index (χ4v) is 2.70. The zero-order valence-corrected chi connectivity index (χ0v) is 11.1. The maximum Gasteiger partial charge on any atom is 0.190 e. The van der Waals surface area contributed by atoms with Gasteiger partial charge in [0, 0.05) is 0 Å². The van der Waals surface area contributed by atoms with Crippen molar-refractivity contribution in [2.45, 2.75) is 70.0 Å². The van der Waals surface area contributed by atoms with Gasteiger partial charge < -0.3 is 28.8 Å². The van der Waals surface area contributed by atoms with E-state index in [0.717, 1.165) is 0 Å². The summed E-state index contributed by atoms with van der Waals surface area (Å²) in [5.74, 6) is -1.35. The average Bonchev–Trinajstić information content (AvgIpc) is 2.81. The van der Waals surface area contributed by atoms with Gasteiger partial charge in [-0.25, -0.2) is 0 Å². The summed E-state index contributed by atoms with van der Waals surface area (Å²) in [5.41, 5.74) is 0. The van der Waals surface area contributed by atoms with Crippen LogP contribution in [0.5, 0.6) is 0 Å². The van der Waals surface area contributed by atoms with Crippen molar-refractivity contribution in [1.29, 1.82) is 0 Å². The third-order valence-electron chi connectivity index (χ3n) is 3.45. The van der Waals surface area contributed by atoms with Gasteiger partial charge in [-0.2, -0.15) is 0 Å². The lowest BCUT2D eigenvalue weighted by Crippen LogP contribution is -2.42. The van der Waals surface area contributed by atoms with Crippen LogP contribution in [0.15, 0.2) is 0 Å². The normalized spacial score (nSPS) is 49.5. The van der Waals surface area contributed by atoms with Gasteiger partial charge in [-0.15, -0.1) is 0 Å². The van der Waals surface area contributed by atoms with Gasteiger partial charge in [-0.1, -0.05) is 0 Å². The van der Waals surface area contributed by atoms with Crippen molar-refractivity contribution in [3.05, 3.63) is 0 Å². The van der Waals surface area contributed by atoms with Gasteiger partial charge in [0.05, 0.1) is 6.61 Å². The molecule has 3 saturated heterocycles. The molecule has 3 fully saturated rings. The Balaban J connectivity index is 1.68. The first-order valence-electron chi connectivity index (χ1n) is 6.28. The number of aliphatic hydroxyl groups is 1. The number of hydrogen-bond donors (Lipinski definition) is 1. The first-order chi connectivity index (χ1) is 8.27. The van der Waals surface area contributed by atoms with Crippen LogP contribution in [-0.2, 0) is 23.7 Å². The average molecular weight is 260 g/mol. The molecule has 0 unspecified atom stereocenters. The molecule has 3 aliphatic heterocycles. The fraction of sp³-hybridized carbons (Fsp3) is 1.00. The Hall–Kier alpha value is -0.240. The van der Waals surface area contributed by atoms with E-state index in [1.165, 1.54) is 0 Å². The van der Waals surface area contributed by atoms with E-state index in [2.05, 4.69) is 0 Å². The van der Waals surface area contributed by atoms with Crippen molar-refractivity contribution in [3.63, 3.8) is 0 Å². The van der Waals surface area contributed by atoms with Crippen LogP contribution in [0.3, 0.4) is 0 Å². The molecular weight excluding hydrogens is 240 g/mol. The minimum atomic E-state index is -0.765. The maximum atomic E-state index is 10.3. The van der Waals surface area contributed by atoms with Crippen molar-refractivity contribution in [2.75, 3.05) is 6.61 Å². The van der Waals surface area contributed by atoms with Crippen LogP contribution in [0.2, 0.25) is 0 Å². The highest BCUT2D eigenvalue weighted by atomic mass is 16.8. The Morgan fingerprint density at radius 2 is 1.67 bits per heavy atom. The van der Waals surface area contributed by atoms with Gasteiger partial charge in [0.1, 0.15) is 24.4 Å². The molecule has 18 heavy (non-hydrogen) atoms. The summed E-state index contributed by atoms with van der Waals surface area (Å²) in [5, 5.41) is 10.3. The van der Waals surface area contributed by atoms with E-state index >= 15 is 0 Å². The molecule has 6 heteroatoms. The highest BCUT2D eigenvalue weighted by Crippen LogP contribution is 2.40. The molecule has 0 spiro atoms. The predicted molar refractivity (Wildman–Crippen MR) is 59.6 cm³/mol. The van der Waals surface area contributed by atoms with Crippen molar-refractivity contribution >= 4 is 0 Å². The summed E-state index contributed by atoms with van der Waals surface area (Å²) in [6.45, 7) is 7.68. The first-order valence-corrected chi connectivity index (χ1v) is 6.28. The van der Waals surface area contributed by atoms with Crippen LogP contribution < -0.4 is 0 Å². The monoisotopic (exact) mass is 260 g/mol. The van der Waals surface area contributed by atoms with Gasteiger partial charge in [-0.3, -0.25) is 0 Å². The third kappa shape index (κ3) is 2.07. The Bertz CT molecular complexity index is 341. The summed E-state index contributed by atoms with van der Waals surface area (Å²) < 4.78 is 28.1. The molecule has 0 radical (unpaired) electrons. The largest absolute Gasteiger partial charge is 0.387 e. The Kier molecular flexibility index (Phi) is 2.75. The molecule has 0 saturated carbocycles. The molecule has 5 atom stereocenters. The molecule has 3 aliphatic rings. The van der Waals surface area contributed by atoms with Crippen LogP contribution in [0.25, 0.3) is 0 Å². The lowest BCUT2D eigenvalue weighted by molar-refractivity contribution is -0.232. The topological polar surface area (TPSA) is 66.4 Å². The second-order valence-electron chi connectivity index (χ2n) is 5.93. The zero-order valence-electron chi connectivity index (χ0n) is 11.1. The number of hydrogen-bond acceptors (Lipinski definition) is 6. The van der Waals surface area contributed by atoms with E-state index in [1.807, 2.05) is 13.8 Å². The fourth-order valence-electron chi connectivity index (χ4n) is 2.70. The molecule has 0 bridgehead atoms. The number of rotatable bonds is 1. The highest BCUT2D eigenvalue weighted by molar-refractivity contribution is 4.97. The van der Waals surface area contributed by atoms with Gasteiger partial charge in [0.2, 0.25) is 0 Å². The molecule has 0 aromatic rings. The molecule has 0 aromatic heterocycles. The van der Waals surface area contributed by atoms with Crippen molar-refractivity contribution < 1.29 is 28.8 Å². The molecule has 3 heterocycles. The summed E-state index contributed by atoms with van der Waals surface area (Å²) in [6, 6.07) is 0. The standard InChI is InChI=1S/C12H20O6/c1-11(2)14-5-6(16-11)8-7(13)9-10(15-8)18-12(3,4)17-9/h6-10,13H,5H2,1-4H3/t6-,7+,8-,9-,10+/m0/s1. The van der Waals surface area contributed by atoms with Crippen molar-refractivity contribution in [1.82, 2.24) is 0 Å². The van der Waals surface area contributed by atoms with E-state index in [-0.39, 0.29) is 6.10 Å². The zero-order chi connectivity index (χ0) is 13.1. The molecule has 0 aromatic carbocycles. The van der Waals surface area contributed by atoms with Gasteiger partial charge in [0.15, 0.2) is 17.9 Å². The van der Waals surface area contributed by atoms with E-state index in [4.69, 9.17) is 23.7 Å². The van der Waals surface area contributed by atoms with Gasteiger partial charge >= 0.3 is 0 Å². The predicted octanol–water partition coefficient (Wildman–Crippen LogP) is 0.375. The van der Waals surface area contributed by atoms with E-state index < -0.39 is 36.2 Å². The third-order valence-corrected chi connectivity index (χ3v) is 3.45.